The van der Waals surface area contributed by atoms with Crippen LogP contribution in [0.2, 0.25) is 5.02 Å². The SMILES string of the molecule is CCOC(=O)C1=C(C)N=c2s/c(=C\c3cn(Cc4ccc(Cl)cc4)c4ccccc34)c(=O)n2[C@H]1c1ccccc1OC(C)C. The van der Waals surface area contributed by atoms with Gasteiger partial charge >= 0.3 is 5.97 Å². The molecule has 0 fully saturated rings. The van der Waals surface area contributed by atoms with Crippen LogP contribution in [-0.4, -0.2) is 27.8 Å². The molecule has 0 N–H and O–H groups in total. The Hall–Kier alpha value is -4.40. The summed E-state index contributed by atoms with van der Waals surface area (Å²) in [5.74, 6) is 0.0986. The molecule has 1 atom stereocenters. The molecule has 0 amide bonds. The summed E-state index contributed by atoms with van der Waals surface area (Å²) in [6.07, 6.45) is 3.88. The van der Waals surface area contributed by atoms with Crippen molar-refractivity contribution in [2.45, 2.75) is 46.4 Å². The van der Waals surface area contributed by atoms with Gasteiger partial charge in [0.15, 0.2) is 4.80 Å². The fourth-order valence-corrected chi connectivity index (χ4v) is 6.77. The molecule has 0 spiro atoms. The molecule has 3 heterocycles. The average molecular weight is 626 g/mol. The van der Waals surface area contributed by atoms with Gasteiger partial charge in [-0.25, -0.2) is 9.79 Å². The van der Waals surface area contributed by atoms with Crippen molar-refractivity contribution in [3.05, 3.63) is 132 Å². The number of esters is 1. The second kappa shape index (κ2) is 12.3. The molecule has 224 valence electrons. The summed E-state index contributed by atoms with van der Waals surface area (Å²) >= 11 is 7.41. The molecule has 7 nitrogen and oxygen atoms in total. The van der Waals surface area contributed by atoms with E-state index in [0.717, 1.165) is 22.0 Å². The van der Waals surface area contributed by atoms with Crippen LogP contribution < -0.4 is 19.6 Å². The van der Waals surface area contributed by atoms with E-state index >= 15 is 0 Å². The Morgan fingerprint density at radius 3 is 2.55 bits per heavy atom. The van der Waals surface area contributed by atoms with Crippen molar-refractivity contribution in [3.8, 4) is 5.75 Å². The number of aromatic nitrogens is 2. The van der Waals surface area contributed by atoms with Gasteiger partial charge in [-0.05, 0) is 63.6 Å². The second-order valence-corrected chi connectivity index (χ2v) is 12.3. The van der Waals surface area contributed by atoms with Gasteiger partial charge in [0.2, 0.25) is 0 Å². The van der Waals surface area contributed by atoms with Crippen molar-refractivity contribution < 1.29 is 14.3 Å². The predicted molar refractivity (Wildman–Crippen MR) is 175 cm³/mol. The zero-order valence-electron chi connectivity index (χ0n) is 24.9. The zero-order valence-corrected chi connectivity index (χ0v) is 26.5. The predicted octanol–water partition coefficient (Wildman–Crippen LogP) is 6.24. The highest BCUT2D eigenvalue weighted by Gasteiger charge is 2.35. The van der Waals surface area contributed by atoms with Gasteiger partial charge in [-0.15, -0.1) is 0 Å². The number of fused-ring (bicyclic) bond motifs is 2. The first-order valence-corrected chi connectivity index (χ1v) is 15.7. The van der Waals surface area contributed by atoms with Gasteiger partial charge in [-0.3, -0.25) is 9.36 Å². The maximum Gasteiger partial charge on any atom is 0.338 e. The fourth-order valence-electron chi connectivity index (χ4n) is 5.60. The van der Waals surface area contributed by atoms with Crippen LogP contribution in [0.15, 0.2) is 100 Å². The lowest BCUT2D eigenvalue weighted by Crippen LogP contribution is -2.40. The monoisotopic (exact) mass is 625 g/mol. The van der Waals surface area contributed by atoms with Crippen LogP contribution in [-0.2, 0) is 16.1 Å². The molecular weight excluding hydrogens is 594 g/mol. The molecule has 0 saturated heterocycles. The first-order valence-electron chi connectivity index (χ1n) is 14.5. The molecule has 44 heavy (non-hydrogen) atoms. The second-order valence-electron chi connectivity index (χ2n) is 10.9. The number of benzene rings is 3. The molecular formula is C35H32ClN3O4S. The van der Waals surface area contributed by atoms with E-state index in [1.165, 1.54) is 11.3 Å². The van der Waals surface area contributed by atoms with E-state index in [0.29, 0.717) is 43.5 Å². The molecule has 0 unspecified atom stereocenters. The molecule has 0 aliphatic carbocycles. The third-order valence-electron chi connectivity index (χ3n) is 7.47. The summed E-state index contributed by atoms with van der Waals surface area (Å²) in [5.41, 5.74) is 4.39. The largest absolute Gasteiger partial charge is 0.491 e. The van der Waals surface area contributed by atoms with Crippen molar-refractivity contribution in [1.82, 2.24) is 9.13 Å². The number of allylic oxidation sites excluding steroid dienone is 1. The summed E-state index contributed by atoms with van der Waals surface area (Å²) < 4.78 is 15.9. The Kier molecular flexibility index (Phi) is 8.29. The lowest BCUT2D eigenvalue weighted by Gasteiger charge is -2.26. The maximum absolute atomic E-state index is 14.3. The molecule has 0 saturated carbocycles. The molecule has 9 heteroatoms. The maximum atomic E-state index is 14.3. The first-order chi connectivity index (χ1) is 21.2. The van der Waals surface area contributed by atoms with E-state index in [1.807, 2.05) is 80.6 Å². The summed E-state index contributed by atoms with van der Waals surface area (Å²) in [6, 6.07) is 22.7. The van der Waals surface area contributed by atoms with Crippen molar-refractivity contribution in [1.29, 1.82) is 0 Å². The first kappa shape index (κ1) is 29.7. The zero-order chi connectivity index (χ0) is 31.0. The number of carbonyl (C=O) groups is 1. The Morgan fingerprint density at radius 1 is 1.07 bits per heavy atom. The number of halogens is 1. The summed E-state index contributed by atoms with van der Waals surface area (Å²) in [6.45, 7) is 8.29. The summed E-state index contributed by atoms with van der Waals surface area (Å²) in [5, 5.41) is 1.73. The minimum absolute atomic E-state index is 0.103. The Balaban J connectivity index is 1.53. The molecule has 0 bridgehead atoms. The van der Waals surface area contributed by atoms with Gasteiger partial charge in [-0.1, -0.05) is 71.5 Å². The van der Waals surface area contributed by atoms with Crippen molar-refractivity contribution in [2.24, 2.45) is 4.99 Å². The van der Waals surface area contributed by atoms with E-state index in [9.17, 15) is 9.59 Å². The molecule has 2 aromatic heterocycles. The van der Waals surface area contributed by atoms with Crippen molar-refractivity contribution in [3.63, 3.8) is 0 Å². The van der Waals surface area contributed by atoms with E-state index in [1.54, 1.807) is 18.4 Å². The molecule has 1 aliphatic heterocycles. The van der Waals surface area contributed by atoms with Gasteiger partial charge in [0.1, 0.15) is 11.8 Å². The van der Waals surface area contributed by atoms with Crippen LogP contribution in [0, 0.1) is 0 Å². The third kappa shape index (κ3) is 5.63. The van der Waals surface area contributed by atoms with Gasteiger partial charge < -0.3 is 14.0 Å². The Morgan fingerprint density at radius 2 is 1.80 bits per heavy atom. The number of ether oxygens (including phenoxy) is 2. The number of thiazole rings is 1. The van der Waals surface area contributed by atoms with Crippen LogP contribution in [0.4, 0.5) is 0 Å². The standard InChI is InChI=1S/C35H32ClN3O4S/c1-5-42-34(41)31-22(4)37-35-39(32(31)27-11-7-9-13-29(27)43-21(2)3)33(40)30(44-35)18-24-20-38(28-12-8-6-10-26(24)28)19-23-14-16-25(36)17-15-23/h6-18,20-21,32H,5,19H2,1-4H3/b30-18-/t32-/m0/s1. The highest BCUT2D eigenvalue weighted by molar-refractivity contribution is 7.07. The number of nitrogens with zero attached hydrogens (tertiary/aromatic N) is 3. The van der Waals surface area contributed by atoms with Gasteiger partial charge in [0, 0.05) is 39.8 Å². The number of hydrogen-bond acceptors (Lipinski definition) is 6. The fraction of sp³-hybridized carbons (Fsp3) is 0.229. The Bertz CT molecular complexity index is 2090. The van der Waals surface area contributed by atoms with Crippen LogP contribution in [0.25, 0.3) is 17.0 Å². The highest BCUT2D eigenvalue weighted by Crippen LogP contribution is 2.36. The van der Waals surface area contributed by atoms with Crippen LogP contribution in [0.3, 0.4) is 0 Å². The van der Waals surface area contributed by atoms with Crippen LogP contribution in [0.1, 0.15) is 50.4 Å². The average Bonchev–Trinajstić information content (AvgIpc) is 3.50. The van der Waals surface area contributed by atoms with Gasteiger partial charge in [-0.2, -0.15) is 0 Å². The highest BCUT2D eigenvalue weighted by atomic mass is 35.5. The lowest BCUT2D eigenvalue weighted by atomic mass is 9.95. The van der Waals surface area contributed by atoms with E-state index in [-0.39, 0.29) is 18.3 Å². The third-order valence-corrected chi connectivity index (χ3v) is 8.70. The molecule has 6 rings (SSSR count). The van der Waals surface area contributed by atoms with E-state index < -0.39 is 12.0 Å². The topological polar surface area (TPSA) is 74.8 Å². The number of hydrogen-bond donors (Lipinski definition) is 0. The number of para-hydroxylation sites is 2. The quantitative estimate of drug-likeness (QED) is 0.191. The lowest BCUT2D eigenvalue weighted by molar-refractivity contribution is -0.139. The van der Waals surface area contributed by atoms with Crippen LogP contribution >= 0.6 is 22.9 Å². The van der Waals surface area contributed by atoms with Crippen molar-refractivity contribution in [2.75, 3.05) is 6.61 Å². The van der Waals surface area contributed by atoms with Crippen molar-refractivity contribution >= 4 is 45.9 Å². The molecule has 3 aromatic carbocycles. The van der Waals surface area contributed by atoms with Gasteiger partial charge in [0.05, 0.1) is 28.5 Å². The number of rotatable bonds is 8. The normalized spacial score (nSPS) is 15.0. The Labute approximate surface area is 264 Å². The van der Waals surface area contributed by atoms with E-state index in [2.05, 4.69) is 22.9 Å². The van der Waals surface area contributed by atoms with E-state index in [4.69, 9.17) is 26.1 Å². The molecule has 5 aromatic rings. The summed E-state index contributed by atoms with van der Waals surface area (Å²) in [4.78, 5) is 32.9. The summed E-state index contributed by atoms with van der Waals surface area (Å²) in [7, 11) is 0. The molecule has 0 radical (unpaired) electrons. The molecule has 1 aliphatic rings. The van der Waals surface area contributed by atoms with Crippen LogP contribution in [0.5, 0.6) is 5.75 Å². The number of carbonyl (C=O) groups excluding carboxylic acids is 1. The smallest absolute Gasteiger partial charge is 0.338 e. The minimum atomic E-state index is -0.756. The van der Waals surface area contributed by atoms with Gasteiger partial charge in [0.25, 0.3) is 5.56 Å². The minimum Gasteiger partial charge on any atom is -0.491 e.